The molecule has 0 fully saturated rings. The smallest absolute Gasteiger partial charge is 0.185 e. The van der Waals surface area contributed by atoms with Crippen LogP contribution in [-0.4, -0.2) is 35.4 Å². The van der Waals surface area contributed by atoms with E-state index < -0.39 is 0 Å². The number of hydrogen-bond donors (Lipinski definition) is 0. The predicted molar refractivity (Wildman–Crippen MR) is 62.3 cm³/mol. The molecule has 0 N–H and O–H groups in total. The van der Waals surface area contributed by atoms with Crippen molar-refractivity contribution in [3.05, 3.63) is 0 Å². The fourth-order valence-electron chi connectivity index (χ4n) is 0.592. The summed E-state index contributed by atoms with van der Waals surface area (Å²) in [6.45, 7) is 10.9. The maximum absolute atomic E-state index is 10.5. The van der Waals surface area contributed by atoms with Crippen LogP contribution in [-0.2, 0) is 4.79 Å². The molecule has 13 heavy (non-hydrogen) atoms. The topological polar surface area (TPSA) is 20.3 Å². The van der Waals surface area contributed by atoms with Crippen molar-refractivity contribution in [1.29, 1.82) is 0 Å². The molecule has 80 valence electrons. The standard InChI is InChI=1S/C8H17NOS.C2H6/c1-7(2)9(4)5-6-11-8(3)10;1-2/h7H,5-6H2,1-4H3;1-2H3. The van der Waals surface area contributed by atoms with E-state index in [1.54, 1.807) is 6.92 Å². The van der Waals surface area contributed by atoms with Crippen molar-refractivity contribution in [3.8, 4) is 0 Å². The number of rotatable bonds is 4. The van der Waals surface area contributed by atoms with Crippen LogP contribution in [0.15, 0.2) is 0 Å². The fourth-order valence-corrected chi connectivity index (χ4v) is 1.26. The SMILES string of the molecule is CC.CC(=O)SCCN(C)C(C)C. The maximum atomic E-state index is 10.5. The molecule has 0 aliphatic heterocycles. The Labute approximate surface area is 87.1 Å². The van der Waals surface area contributed by atoms with Crippen molar-refractivity contribution in [3.63, 3.8) is 0 Å². The summed E-state index contributed by atoms with van der Waals surface area (Å²) in [5.41, 5.74) is 0. The van der Waals surface area contributed by atoms with Gasteiger partial charge in [0, 0.05) is 25.3 Å². The normalized spacial score (nSPS) is 9.85. The molecule has 0 radical (unpaired) electrons. The summed E-state index contributed by atoms with van der Waals surface area (Å²) >= 11 is 1.40. The van der Waals surface area contributed by atoms with Gasteiger partial charge >= 0.3 is 0 Å². The Morgan fingerprint density at radius 1 is 1.38 bits per heavy atom. The molecule has 0 heterocycles. The minimum absolute atomic E-state index is 0.210. The number of nitrogens with zero attached hydrogens (tertiary/aromatic N) is 1. The van der Waals surface area contributed by atoms with Crippen LogP contribution in [0.1, 0.15) is 34.6 Å². The van der Waals surface area contributed by atoms with Crippen molar-refractivity contribution in [2.45, 2.75) is 40.7 Å². The van der Waals surface area contributed by atoms with Crippen molar-refractivity contribution in [2.24, 2.45) is 0 Å². The van der Waals surface area contributed by atoms with Gasteiger partial charge in [-0.15, -0.1) is 0 Å². The number of carbonyl (C=O) groups is 1. The lowest BCUT2D eigenvalue weighted by molar-refractivity contribution is -0.109. The van der Waals surface area contributed by atoms with E-state index in [1.807, 2.05) is 13.8 Å². The van der Waals surface area contributed by atoms with Crippen LogP contribution in [0, 0.1) is 0 Å². The van der Waals surface area contributed by atoms with Gasteiger partial charge in [-0.3, -0.25) is 4.79 Å². The fraction of sp³-hybridized carbons (Fsp3) is 0.900. The molecule has 0 aromatic heterocycles. The van der Waals surface area contributed by atoms with Gasteiger partial charge in [0.2, 0.25) is 0 Å². The lowest BCUT2D eigenvalue weighted by Crippen LogP contribution is -2.28. The van der Waals surface area contributed by atoms with Crippen LogP contribution in [0.3, 0.4) is 0 Å². The van der Waals surface area contributed by atoms with Gasteiger partial charge in [-0.05, 0) is 20.9 Å². The molecular formula is C10H23NOS. The summed E-state index contributed by atoms with van der Waals surface area (Å²) in [7, 11) is 2.07. The second-order valence-electron chi connectivity index (χ2n) is 2.91. The molecule has 0 aromatic rings. The second-order valence-corrected chi connectivity index (χ2v) is 4.19. The minimum Gasteiger partial charge on any atom is -0.303 e. The Morgan fingerprint density at radius 2 is 1.85 bits per heavy atom. The summed E-state index contributed by atoms with van der Waals surface area (Å²) < 4.78 is 0. The van der Waals surface area contributed by atoms with Crippen LogP contribution in [0.5, 0.6) is 0 Å². The van der Waals surface area contributed by atoms with Gasteiger partial charge in [0.25, 0.3) is 0 Å². The molecule has 0 aliphatic carbocycles. The maximum Gasteiger partial charge on any atom is 0.185 e. The Morgan fingerprint density at radius 3 is 2.15 bits per heavy atom. The molecule has 0 unspecified atom stereocenters. The molecule has 0 aliphatic rings. The first kappa shape index (κ1) is 15.5. The summed E-state index contributed by atoms with van der Waals surface area (Å²) in [6, 6.07) is 0.572. The van der Waals surface area contributed by atoms with Crippen LogP contribution in [0.4, 0.5) is 0 Å². The van der Waals surface area contributed by atoms with Gasteiger partial charge in [-0.2, -0.15) is 0 Å². The summed E-state index contributed by atoms with van der Waals surface area (Å²) in [5.74, 6) is 0.907. The first-order valence-electron chi connectivity index (χ1n) is 4.87. The molecule has 2 nitrogen and oxygen atoms in total. The van der Waals surface area contributed by atoms with Crippen LogP contribution >= 0.6 is 11.8 Å². The molecule has 3 heteroatoms. The van der Waals surface area contributed by atoms with Crippen LogP contribution in [0.25, 0.3) is 0 Å². The summed E-state index contributed by atoms with van der Waals surface area (Å²) in [5, 5.41) is 0.210. The summed E-state index contributed by atoms with van der Waals surface area (Å²) in [4.78, 5) is 12.8. The molecule has 0 saturated carbocycles. The third-order valence-electron chi connectivity index (χ3n) is 1.63. The Hall–Kier alpha value is -0.0200. The van der Waals surface area contributed by atoms with E-state index in [2.05, 4.69) is 25.8 Å². The predicted octanol–water partition coefficient (Wildman–Crippen LogP) is 2.63. The number of carbonyl (C=O) groups excluding carboxylic acids is 1. The lowest BCUT2D eigenvalue weighted by atomic mass is 10.3. The highest BCUT2D eigenvalue weighted by Crippen LogP contribution is 2.02. The largest absolute Gasteiger partial charge is 0.303 e. The zero-order valence-electron chi connectivity index (χ0n) is 9.76. The average Bonchev–Trinajstić information content (AvgIpc) is 2.07. The van der Waals surface area contributed by atoms with Crippen LogP contribution in [0.2, 0.25) is 0 Å². The van der Waals surface area contributed by atoms with Gasteiger partial charge < -0.3 is 4.90 Å². The van der Waals surface area contributed by atoms with E-state index in [-0.39, 0.29) is 5.12 Å². The number of hydrogen-bond acceptors (Lipinski definition) is 3. The Kier molecular flexibility index (Phi) is 12.0. The van der Waals surface area contributed by atoms with E-state index in [0.29, 0.717) is 6.04 Å². The van der Waals surface area contributed by atoms with Gasteiger partial charge in [0.05, 0.1) is 0 Å². The monoisotopic (exact) mass is 205 g/mol. The van der Waals surface area contributed by atoms with Gasteiger partial charge in [-0.25, -0.2) is 0 Å². The first-order chi connectivity index (χ1) is 6.04. The minimum atomic E-state index is 0.210. The van der Waals surface area contributed by atoms with Crippen molar-refractivity contribution in [2.75, 3.05) is 19.3 Å². The highest BCUT2D eigenvalue weighted by atomic mass is 32.2. The van der Waals surface area contributed by atoms with E-state index >= 15 is 0 Å². The molecule has 0 bridgehead atoms. The van der Waals surface area contributed by atoms with Gasteiger partial charge in [0.1, 0.15) is 0 Å². The molecule has 0 rings (SSSR count). The zero-order chi connectivity index (χ0) is 10.9. The zero-order valence-corrected chi connectivity index (χ0v) is 10.6. The molecule has 0 amide bonds. The third-order valence-corrected chi connectivity index (χ3v) is 2.42. The molecule has 0 aromatic carbocycles. The highest BCUT2D eigenvalue weighted by molar-refractivity contribution is 8.13. The van der Waals surface area contributed by atoms with Crippen molar-refractivity contribution in [1.82, 2.24) is 4.90 Å². The highest BCUT2D eigenvalue weighted by Gasteiger charge is 2.02. The lowest BCUT2D eigenvalue weighted by Gasteiger charge is -2.19. The average molecular weight is 205 g/mol. The van der Waals surface area contributed by atoms with E-state index in [1.165, 1.54) is 11.8 Å². The van der Waals surface area contributed by atoms with Crippen molar-refractivity contribution >= 4 is 16.9 Å². The quantitative estimate of drug-likeness (QED) is 0.703. The van der Waals surface area contributed by atoms with Crippen molar-refractivity contribution < 1.29 is 4.79 Å². The van der Waals surface area contributed by atoms with Crippen LogP contribution < -0.4 is 0 Å². The van der Waals surface area contributed by atoms with E-state index in [0.717, 1.165) is 12.3 Å². The number of thioether (sulfide) groups is 1. The van der Waals surface area contributed by atoms with Gasteiger partial charge in [0.15, 0.2) is 5.12 Å². The van der Waals surface area contributed by atoms with E-state index in [9.17, 15) is 4.79 Å². The first-order valence-corrected chi connectivity index (χ1v) is 5.86. The Bertz CT molecular complexity index is 126. The molecule has 0 saturated heterocycles. The van der Waals surface area contributed by atoms with Gasteiger partial charge in [-0.1, -0.05) is 25.6 Å². The third kappa shape index (κ3) is 12.0. The second kappa shape index (κ2) is 10.1. The summed E-state index contributed by atoms with van der Waals surface area (Å²) in [6.07, 6.45) is 0. The van der Waals surface area contributed by atoms with E-state index in [4.69, 9.17) is 0 Å². The molecule has 0 atom stereocenters. The molecular weight excluding hydrogens is 182 g/mol. The Balaban J connectivity index is 0. The molecule has 0 spiro atoms.